The van der Waals surface area contributed by atoms with Gasteiger partial charge in [-0.1, -0.05) is 26.8 Å². The lowest BCUT2D eigenvalue weighted by Gasteiger charge is -2.21. The Hall–Kier alpha value is -1.49. The minimum atomic E-state index is -0.757. The molecule has 0 aromatic heterocycles. The number of benzene rings is 1. The minimum Gasteiger partial charge on any atom is -0.314 e. The van der Waals surface area contributed by atoms with Crippen molar-refractivity contribution in [2.24, 2.45) is 5.92 Å². The quantitative estimate of drug-likeness (QED) is 0.609. The zero-order valence-corrected chi connectivity index (χ0v) is 11.6. The van der Waals surface area contributed by atoms with E-state index < -0.39 is 16.4 Å². The highest BCUT2D eigenvalue weighted by Gasteiger charge is 2.15. The van der Waals surface area contributed by atoms with Crippen molar-refractivity contribution >= 4 is 5.69 Å². The fourth-order valence-corrected chi connectivity index (χ4v) is 2.11. The van der Waals surface area contributed by atoms with Crippen LogP contribution in [0.1, 0.15) is 32.8 Å². The number of rotatable bonds is 7. The molecular formula is C14H21FN2O2. The summed E-state index contributed by atoms with van der Waals surface area (Å²) < 4.78 is 13.5. The normalized spacial score (nSPS) is 12.7. The molecule has 0 bridgehead atoms. The zero-order valence-electron chi connectivity index (χ0n) is 11.6. The Morgan fingerprint density at radius 2 is 2.11 bits per heavy atom. The van der Waals surface area contributed by atoms with Crippen molar-refractivity contribution in [3.05, 3.63) is 39.7 Å². The third-order valence-corrected chi connectivity index (χ3v) is 3.22. The highest BCUT2D eigenvalue weighted by Crippen LogP contribution is 2.19. The lowest BCUT2D eigenvalue weighted by molar-refractivity contribution is -0.387. The summed E-state index contributed by atoms with van der Waals surface area (Å²) in [5.41, 5.74) is 0.336. The molecule has 19 heavy (non-hydrogen) atoms. The van der Waals surface area contributed by atoms with Gasteiger partial charge < -0.3 is 5.32 Å². The second-order valence-electron chi connectivity index (χ2n) is 4.99. The first-order valence-corrected chi connectivity index (χ1v) is 6.61. The topological polar surface area (TPSA) is 55.2 Å². The highest BCUT2D eigenvalue weighted by molar-refractivity contribution is 5.35. The molecule has 1 aromatic rings. The van der Waals surface area contributed by atoms with E-state index >= 15 is 0 Å². The van der Waals surface area contributed by atoms with E-state index in [1.54, 1.807) is 6.07 Å². The molecule has 0 saturated heterocycles. The van der Waals surface area contributed by atoms with Gasteiger partial charge in [0, 0.05) is 12.1 Å². The number of hydrogen-bond acceptors (Lipinski definition) is 3. The SMILES string of the molecule is CCNC(CCc1ccc([N+](=O)[O-])c(F)c1)C(C)C. The molecule has 0 fully saturated rings. The van der Waals surface area contributed by atoms with Gasteiger partial charge in [0.15, 0.2) is 0 Å². The average Bonchev–Trinajstić information content (AvgIpc) is 2.33. The molecule has 0 amide bonds. The fourth-order valence-electron chi connectivity index (χ4n) is 2.11. The Morgan fingerprint density at radius 1 is 1.42 bits per heavy atom. The number of nitro benzene ring substituents is 1. The summed E-state index contributed by atoms with van der Waals surface area (Å²) in [7, 11) is 0. The van der Waals surface area contributed by atoms with Crippen molar-refractivity contribution in [2.45, 2.75) is 39.7 Å². The van der Waals surface area contributed by atoms with E-state index in [0.717, 1.165) is 18.5 Å². The predicted octanol–water partition coefficient (Wildman–Crippen LogP) is 3.30. The second kappa shape index (κ2) is 7.19. The summed E-state index contributed by atoms with van der Waals surface area (Å²) in [6.07, 6.45) is 1.60. The van der Waals surface area contributed by atoms with Crippen LogP contribution in [0.2, 0.25) is 0 Å². The van der Waals surface area contributed by atoms with Crippen LogP contribution in [0.3, 0.4) is 0 Å². The molecule has 1 atom stereocenters. The number of hydrogen-bond donors (Lipinski definition) is 1. The molecule has 0 aliphatic rings. The molecule has 1 unspecified atom stereocenters. The van der Waals surface area contributed by atoms with Crippen LogP contribution in [0, 0.1) is 21.8 Å². The standard InChI is InChI=1S/C14H21FN2O2/c1-4-16-13(10(2)3)7-5-11-6-8-14(17(18)19)12(15)9-11/h6,8-10,13,16H,4-5,7H2,1-3H3. The zero-order chi connectivity index (χ0) is 14.4. The molecule has 106 valence electrons. The van der Waals surface area contributed by atoms with Gasteiger partial charge in [-0.05, 0) is 36.9 Å². The summed E-state index contributed by atoms with van der Waals surface area (Å²) in [5, 5.41) is 13.9. The maximum atomic E-state index is 13.5. The summed E-state index contributed by atoms with van der Waals surface area (Å²) in [6.45, 7) is 7.24. The number of halogens is 1. The molecule has 0 aliphatic heterocycles. The lowest BCUT2D eigenvalue weighted by atomic mass is 9.96. The van der Waals surface area contributed by atoms with Crippen LogP contribution < -0.4 is 5.32 Å². The minimum absolute atomic E-state index is 0.378. The van der Waals surface area contributed by atoms with Gasteiger partial charge in [0.1, 0.15) is 0 Å². The number of nitrogens with zero attached hydrogens (tertiary/aromatic N) is 1. The monoisotopic (exact) mass is 268 g/mol. The van der Waals surface area contributed by atoms with Crippen molar-refractivity contribution in [2.75, 3.05) is 6.54 Å². The first-order chi connectivity index (χ1) is 8.95. The van der Waals surface area contributed by atoms with Gasteiger partial charge in [-0.2, -0.15) is 4.39 Å². The molecule has 0 spiro atoms. The molecule has 0 heterocycles. The number of aryl methyl sites for hydroxylation is 1. The van der Waals surface area contributed by atoms with Gasteiger partial charge in [0.2, 0.25) is 5.82 Å². The summed E-state index contributed by atoms with van der Waals surface area (Å²) in [4.78, 5) is 9.83. The maximum Gasteiger partial charge on any atom is 0.304 e. The summed E-state index contributed by atoms with van der Waals surface area (Å²) >= 11 is 0. The first-order valence-electron chi connectivity index (χ1n) is 6.61. The number of nitrogens with one attached hydrogen (secondary N) is 1. The first kappa shape index (κ1) is 15.6. The average molecular weight is 268 g/mol. The van der Waals surface area contributed by atoms with Crippen LogP contribution in [0.4, 0.5) is 10.1 Å². The van der Waals surface area contributed by atoms with Gasteiger partial charge in [-0.15, -0.1) is 0 Å². The van der Waals surface area contributed by atoms with Crippen LogP contribution in [0.15, 0.2) is 18.2 Å². The Labute approximate surface area is 113 Å². The molecule has 1 aromatic carbocycles. The van der Waals surface area contributed by atoms with E-state index in [9.17, 15) is 14.5 Å². The van der Waals surface area contributed by atoms with Crippen LogP contribution >= 0.6 is 0 Å². The van der Waals surface area contributed by atoms with E-state index in [2.05, 4.69) is 26.1 Å². The van der Waals surface area contributed by atoms with Crippen LogP contribution in [0.5, 0.6) is 0 Å². The molecule has 4 nitrogen and oxygen atoms in total. The van der Waals surface area contributed by atoms with Crippen molar-refractivity contribution < 1.29 is 9.31 Å². The van der Waals surface area contributed by atoms with E-state index in [1.165, 1.54) is 12.1 Å². The molecule has 0 aliphatic carbocycles. The molecule has 1 rings (SSSR count). The molecule has 1 N–H and O–H groups in total. The van der Waals surface area contributed by atoms with Gasteiger partial charge >= 0.3 is 5.69 Å². The fraction of sp³-hybridized carbons (Fsp3) is 0.571. The summed E-state index contributed by atoms with van der Waals surface area (Å²) in [5.74, 6) is -0.255. The molecule has 5 heteroatoms. The maximum absolute atomic E-state index is 13.5. The Morgan fingerprint density at radius 3 is 2.58 bits per heavy atom. The Balaban J connectivity index is 2.67. The van der Waals surface area contributed by atoms with Gasteiger partial charge in [0.25, 0.3) is 0 Å². The molecule has 0 saturated carbocycles. The van der Waals surface area contributed by atoms with E-state index in [1.807, 2.05) is 0 Å². The molecule has 0 radical (unpaired) electrons. The highest BCUT2D eigenvalue weighted by atomic mass is 19.1. The van der Waals surface area contributed by atoms with E-state index in [0.29, 0.717) is 18.4 Å². The lowest BCUT2D eigenvalue weighted by Crippen LogP contribution is -2.34. The molecular weight excluding hydrogens is 247 g/mol. The summed E-state index contributed by atoms with van der Waals surface area (Å²) in [6, 6.07) is 4.51. The van der Waals surface area contributed by atoms with Gasteiger partial charge in [-0.25, -0.2) is 0 Å². The third kappa shape index (κ3) is 4.59. The van der Waals surface area contributed by atoms with Gasteiger partial charge in [0.05, 0.1) is 4.92 Å². The van der Waals surface area contributed by atoms with Gasteiger partial charge in [-0.3, -0.25) is 10.1 Å². The van der Waals surface area contributed by atoms with E-state index in [-0.39, 0.29) is 0 Å². The Bertz CT molecular complexity index is 435. The van der Waals surface area contributed by atoms with Crippen molar-refractivity contribution in [3.8, 4) is 0 Å². The van der Waals surface area contributed by atoms with Crippen LogP contribution in [0.25, 0.3) is 0 Å². The largest absolute Gasteiger partial charge is 0.314 e. The van der Waals surface area contributed by atoms with Crippen molar-refractivity contribution in [3.63, 3.8) is 0 Å². The van der Waals surface area contributed by atoms with Crippen molar-refractivity contribution in [1.29, 1.82) is 0 Å². The van der Waals surface area contributed by atoms with Crippen molar-refractivity contribution in [1.82, 2.24) is 5.32 Å². The predicted molar refractivity (Wildman–Crippen MR) is 73.7 cm³/mol. The van der Waals surface area contributed by atoms with Crippen LogP contribution in [-0.2, 0) is 6.42 Å². The third-order valence-electron chi connectivity index (χ3n) is 3.22. The van der Waals surface area contributed by atoms with Crippen LogP contribution in [-0.4, -0.2) is 17.5 Å². The number of nitro groups is 1. The second-order valence-corrected chi connectivity index (χ2v) is 4.99. The van der Waals surface area contributed by atoms with E-state index in [4.69, 9.17) is 0 Å². The smallest absolute Gasteiger partial charge is 0.304 e. The Kier molecular flexibility index (Phi) is 5.89.